The van der Waals surface area contributed by atoms with Crippen molar-refractivity contribution in [3.8, 4) is 5.75 Å². The van der Waals surface area contributed by atoms with Gasteiger partial charge in [-0.2, -0.15) is 0 Å². The third-order valence-corrected chi connectivity index (χ3v) is 5.27. The Bertz CT molecular complexity index is 951. The lowest BCUT2D eigenvalue weighted by Gasteiger charge is -2.06. The van der Waals surface area contributed by atoms with Gasteiger partial charge >= 0.3 is 0 Å². The van der Waals surface area contributed by atoms with E-state index >= 15 is 0 Å². The monoisotopic (exact) mass is 401 g/mol. The summed E-state index contributed by atoms with van der Waals surface area (Å²) < 4.78 is 36.1. The molecular formula is C21H20FNO4S. The van der Waals surface area contributed by atoms with Crippen LogP contribution in [0.5, 0.6) is 5.75 Å². The maximum atomic E-state index is 13.0. The third kappa shape index (κ3) is 5.29. The molecule has 0 aliphatic heterocycles. The molecule has 146 valence electrons. The summed E-state index contributed by atoms with van der Waals surface area (Å²) in [5.74, 6) is 0.726. The second-order valence-corrected chi connectivity index (χ2v) is 7.42. The van der Waals surface area contributed by atoms with E-state index in [1.807, 2.05) is 31.2 Å². The Morgan fingerprint density at radius 3 is 2.46 bits per heavy atom. The maximum absolute atomic E-state index is 13.0. The zero-order valence-corrected chi connectivity index (χ0v) is 16.1. The number of amides is 1. The molecule has 0 unspecified atom stereocenters. The van der Waals surface area contributed by atoms with Crippen LogP contribution in [0.2, 0.25) is 0 Å². The van der Waals surface area contributed by atoms with Gasteiger partial charge in [0.1, 0.15) is 17.3 Å². The van der Waals surface area contributed by atoms with Crippen LogP contribution in [0.25, 0.3) is 0 Å². The number of hydrogen-bond donors (Lipinski definition) is 1. The highest BCUT2D eigenvalue weighted by atomic mass is 32.2. The molecule has 1 atom stereocenters. The first-order valence-corrected chi connectivity index (χ1v) is 10.1. The number of hydrogen-bond acceptors (Lipinski definition) is 4. The molecule has 0 aliphatic carbocycles. The number of benzene rings is 2. The molecule has 3 rings (SSSR count). The van der Waals surface area contributed by atoms with Crippen molar-refractivity contribution in [3.63, 3.8) is 0 Å². The Morgan fingerprint density at radius 2 is 1.79 bits per heavy atom. The van der Waals surface area contributed by atoms with Crippen LogP contribution < -0.4 is 10.1 Å². The quantitative estimate of drug-likeness (QED) is 0.618. The average Bonchev–Trinajstić information content (AvgIpc) is 3.16. The Balaban J connectivity index is 1.54. The van der Waals surface area contributed by atoms with Crippen LogP contribution in [0, 0.1) is 5.82 Å². The predicted octanol–water partition coefficient (Wildman–Crippen LogP) is 4.06. The van der Waals surface area contributed by atoms with E-state index in [1.165, 1.54) is 24.3 Å². The highest BCUT2D eigenvalue weighted by Gasteiger charge is 2.13. The second kappa shape index (κ2) is 9.32. The Labute approximate surface area is 165 Å². The van der Waals surface area contributed by atoms with Gasteiger partial charge in [0.25, 0.3) is 5.91 Å². The summed E-state index contributed by atoms with van der Waals surface area (Å²) in [6.07, 6.45) is 0. The molecule has 1 amide bonds. The molecule has 28 heavy (non-hydrogen) atoms. The van der Waals surface area contributed by atoms with Gasteiger partial charge in [0.05, 0.1) is 23.2 Å². The normalized spacial score (nSPS) is 11.8. The fourth-order valence-corrected chi connectivity index (χ4v) is 3.54. The molecule has 2 aromatic carbocycles. The van der Waals surface area contributed by atoms with Gasteiger partial charge in [0.15, 0.2) is 5.76 Å². The summed E-state index contributed by atoms with van der Waals surface area (Å²) in [4.78, 5) is 12.7. The molecule has 1 aromatic heterocycles. The standard InChI is InChI=1S/C21H20FNO4S/c1-2-26-17-7-3-15(4-8-17)13-23-21(24)20-12-9-18(27-20)14-28(25)19-10-5-16(22)6-11-19/h3-12H,2,13-14H2,1H3,(H,23,24)/t28-/m1/s1. The first-order chi connectivity index (χ1) is 13.5. The summed E-state index contributed by atoms with van der Waals surface area (Å²) >= 11 is 0. The Morgan fingerprint density at radius 1 is 1.07 bits per heavy atom. The van der Waals surface area contributed by atoms with Crippen LogP contribution in [-0.2, 0) is 23.1 Å². The predicted molar refractivity (Wildman–Crippen MR) is 104 cm³/mol. The lowest BCUT2D eigenvalue weighted by atomic mass is 10.2. The smallest absolute Gasteiger partial charge is 0.287 e. The number of rotatable bonds is 8. The third-order valence-electron chi connectivity index (χ3n) is 3.92. The highest BCUT2D eigenvalue weighted by Crippen LogP contribution is 2.16. The zero-order chi connectivity index (χ0) is 19.9. The van der Waals surface area contributed by atoms with Crippen molar-refractivity contribution >= 4 is 16.7 Å². The first-order valence-electron chi connectivity index (χ1n) is 8.77. The van der Waals surface area contributed by atoms with E-state index in [4.69, 9.17) is 9.15 Å². The van der Waals surface area contributed by atoms with E-state index < -0.39 is 10.8 Å². The van der Waals surface area contributed by atoms with Gasteiger partial charge in [-0.1, -0.05) is 12.1 Å². The van der Waals surface area contributed by atoms with Crippen molar-refractivity contribution in [2.45, 2.75) is 24.1 Å². The molecule has 1 N–H and O–H groups in total. The van der Waals surface area contributed by atoms with E-state index in [-0.39, 0.29) is 23.2 Å². The minimum atomic E-state index is -1.38. The molecule has 0 radical (unpaired) electrons. The number of halogens is 1. The summed E-state index contributed by atoms with van der Waals surface area (Å²) in [5, 5.41) is 2.78. The van der Waals surface area contributed by atoms with Crippen LogP contribution in [-0.4, -0.2) is 16.7 Å². The molecule has 0 saturated carbocycles. The van der Waals surface area contributed by atoms with Crippen LogP contribution >= 0.6 is 0 Å². The van der Waals surface area contributed by atoms with Crippen molar-refractivity contribution < 1.29 is 22.5 Å². The molecule has 7 heteroatoms. The van der Waals surface area contributed by atoms with Crippen molar-refractivity contribution in [2.75, 3.05) is 6.61 Å². The van der Waals surface area contributed by atoms with E-state index in [9.17, 15) is 13.4 Å². The molecule has 0 bridgehead atoms. The SMILES string of the molecule is CCOc1ccc(CNC(=O)c2ccc(C[S@@](=O)c3ccc(F)cc3)o2)cc1. The minimum absolute atomic E-state index is 0.109. The second-order valence-electron chi connectivity index (χ2n) is 5.97. The van der Waals surface area contributed by atoms with Crippen molar-refractivity contribution in [2.24, 2.45) is 0 Å². The molecule has 1 heterocycles. The van der Waals surface area contributed by atoms with Gasteiger partial charge in [-0.05, 0) is 61.0 Å². The largest absolute Gasteiger partial charge is 0.494 e. The topological polar surface area (TPSA) is 68.5 Å². The summed E-state index contributed by atoms with van der Waals surface area (Å²) in [6, 6.07) is 16.1. The number of carbonyl (C=O) groups is 1. The zero-order valence-electron chi connectivity index (χ0n) is 15.3. The van der Waals surface area contributed by atoms with Crippen LogP contribution in [0.4, 0.5) is 4.39 Å². The van der Waals surface area contributed by atoms with Gasteiger partial charge in [-0.3, -0.25) is 9.00 Å². The van der Waals surface area contributed by atoms with Crippen molar-refractivity contribution in [1.82, 2.24) is 5.32 Å². The van der Waals surface area contributed by atoms with Gasteiger partial charge in [0.2, 0.25) is 0 Å². The van der Waals surface area contributed by atoms with Crippen molar-refractivity contribution in [1.29, 1.82) is 0 Å². The number of ether oxygens (including phenoxy) is 1. The Hall–Kier alpha value is -2.93. The molecular weight excluding hydrogens is 381 g/mol. The lowest BCUT2D eigenvalue weighted by Crippen LogP contribution is -2.22. The highest BCUT2D eigenvalue weighted by molar-refractivity contribution is 7.84. The van der Waals surface area contributed by atoms with Crippen LogP contribution in [0.15, 0.2) is 70.0 Å². The average molecular weight is 401 g/mol. The first kappa shape index (κ1) is 19.8. The molecule has 0 spiro atoms. The van der Waals surface area contributed by atoms with Crippen LogP contribution in [0.3, 0.4) is 0 Å². The van der Waals surface area contributed by atoms with Crippen LogP contribution in [0.1, 0.15) is 28.8 Å². The fraction of sp³-hybridized carbons (Fsp3) is 0.190. The van der Waals surface area contributed by atoms with Gasteiger partial charge < -0.3 is 14.5 Å². The summed E-state index contributed by atoms with van der Waals surface area (Å²) in [6.45, 7) is 2.87. The summed E-state index contributed by atoms with van der Waals surface area (Å²) in [5.41, 5.74) is 0.931. The molecule has 0 aliphatic rings. The number of furan rings is 1. The van der Waals surface area contributed by atoms with E-state index in [0.29, 0.717) is 23.8 Å². The van der Waals surface area contributed by atoms with Gasteiger partial charge in [-0.25, -0.2) is 4.39 Å². The minimum Gasteiger partial charge on any atom is -0.494 e. The van der Waals surface area contributed by atoms with Crippen molar-refractivity contribution in [3.05, 3.63) is 83.6 Å². The van der Waals surface area contributed by atoms with Gasteiger partial charge in [0, 0.05) is 11.4 Å². The Kier molecular flexibility index (Phi) is 6.60. The molecule has 0 saturated heterocycles. The maximum Gasteiger partial charge on any atom is 0.287 e. The van der Waals surface area contributed by atoms with E-state index in [0.717, 1.165) is 11.3 Å². The summed E-state index contributed by atoms with van der Waals surface area (Å²) in [7, 11) is -1.38. The van der Waals surface area contributed by atoms with E-state index in [2.05, 4.69) is 5.32 Å². The lowest BCUT2D eigenvalue weighted by molar-refractivity contribution is 0.0921. The number of carbonyl (C=O) groups excluding carboxylic acids is 1. The molecule has 0 fully saturated rings. The fourth-order valence-electron chi connectivity index (χ4n) is 2.52. The van der Waals surface area contributed by atoms with Gasteiger partial charge in [-0.15, -0.1) is 0 Å². The van der Waals surface area contributed by atoms with E-state index in [1.54, 1.807) is 12.1 Å². The molecule has 3 aromatic rings. The molecule has 5 nitrogen and oxygen atoms in total. The number of nitrogens with one attached hydrogen (secondary N) is 1.